The number of pyridine rings is 1. The van der Waals surface area contributed by atoms with E-state index in [2.05, 4.69) is 39.8 Å². The normalized spacial score (nSPS) is 11.6. The van der Waals surface area contributed by atoms with Crippen LogP contribution in [0.25, 0.3) is 22.2 Å². The number of aromatic nitrogens is 3. The average Bonchev–Trinajstić information content (AvgIpc) is 2.89. The van der Waals surface area contributed by atoms with Gasteiger partial charge in [-0.15, -0.1) is 0 Å². The number of anilines is 2. The maximum Gasteiger partial charge on any atom is 0.320 e. The molecule has 212 valence electrons. The number of methoxy groups -OCH3 is 2. The van der Waals surface area contributed by atoms with Crippen molar-refractivity contribution in [1.82, 2.24) is 20.3 Å². The maximum absolute atomic E-state index is 12.8. The van der Waals surface area contributed by atoms with Crippen molar-refractivity contribution in [3.63, 3.8) is 0 Å². The molecule has 3 aromatic rings. The number of hydrogen-bond donors (Lipinski definition) is 3. The number of hydrogen-bond acceptors (Lipinski definition) is 7. The van der Waals surface area contributed by atoms with Gasteiger partial charge in [0.1, 0.15) is 11.6 Å². The zero-order chi connectivity index (χ0) is 28.4. The minimum absolute atomic E-state index is 0.347. The standard InChI is InChI=1S/C30H44N6O3/c1-8-20(9-2)12-10-11-13-31-28-32-18-23-17-25(22-14-21(19-38-6)15-24(16-22)39-7)27(33-26(23)34-28)35-29(37)36-30(3,4)5/h14-18,20H,8-13,19H2,1-7H3,(H3,31,32,33,34,35,36,37). The van der Waals surface area contributed by atoms with E-state index in [4.69, 9.17) is 14.5 Å². The van der Waals surface area contributed by atoms with Crippen LogP contribution in [0.3, 0.4) is 0 Å². The van der Waals surface area contributed by atoms with Crippen molar-refractivity contribution in [3.05, 3.63) is 36.0 Å². The monoisotopic (exact) mass is 536 g/mol. The smallest absolute Gasteiger partial charge is 0.320 e. The first kappa shape index (κ1) is 30.1. The molecule has 2 amide bonds. The molecule has 0 spiro atoms. The first-order valence-corrected chi connectivity index (χ1v) is 13.8. The van der Waals surface area contributed by atoms with Gasteiger partial charge in [0, 0.05) is 36.3 Å². The Morgan fingerprint density at radius 1 is 1.03 bits per heavy atom. The third kappa shape index (κ3) is 9.06. The Kier molecular flexibility index (Phi) is 10.9. The Balaban J connectivity index is 1.92. The number of nitrogens with one attached hydrogen (secondary N) is 3. The molecule has 0 aliphatic heterocycles. The van der Waals surface area contributed by atoms with Gasteiger partial charge < -0.3 is 20.1 Å². The molecule has 39 heavy (non-hydrogen) atoms. The van der Waals surface area contributed by atoms with Gasteiger partial charge in [-0.25, -0.2) is 14.8 Å². The van der Waals surface area contributed by atoms with E-state index in [0.717, 1.165) is 41.0 Å². The van der Waals surface area contributed by atoms with Crippen LogP contribution in [0.5, 0.6) is 5.75 Å². The van der Waals surface area contributed by atoms with E-state index in [-0.39, 0.29) is 6.03 Å². The molecule has 1 aromatic carbocycles. The van der Waals surface area contributed by atoms with Crippen molar-refractivity contribution in [2.75, 3.05) is 31.4 Å². The summed E-state index contributed by atoms with van der Waals surface area (Å²) in [5.74, 6) is 2.41. The molecule has 0 radical (unpaired) electrons. The molecular weight excluding hydrogens is 492 g/mol. The Labute approximate surface area is 232 Å². The molecule has 0 atom stereocenters. The highest BCUT2D eigenvalue weighted by Gasteiger charge is 2.18. The van der Waals surface area contributed by atoms with E-state index in [0.29, 0.717) is 29.8 Å². The van der Waals surface area contributed by atoms with Crippen molar-refractivity contribution in [2.24, 2.45) is 5.92 Å². The zero-order valence-corrected chi connectivity index (χ0v) is 24.5. The molecule has 9 heteroatoms. The molecule has 3 N–H and O–H groups in total. The summed E-state index contributed by atoms with van der Waals surface area (Å²) < 4.78 is 10.9. The van der Waals surface area contributed by atoms with Gasteiger partial charge in [0.2, 0.25) is 5.95 Å². The number of fused-ring (bicyclic) bond motifs is 1. The lowest BCUT2D eigenvalue weighted by Crippen LogP contribution is -2.43. The number of benzene rings is 1. The first-order chi connectivity index (χ1) is 18.6. The van der Waals surface area contributed by atoms with E-state index in [9.17, 15) is 4.79 Å². The minimum atomic E-state index is -0.407. The van der Waals surface area contributed by atoms with Crippen molar-refractivity contribution < 1.29 is 14.3 Å². The van der Waals surface area contributed by atoms with Crippen LogP contribution in [-0.2, 0) is 11.3 Å². The van der Waals surface area contributed by atoms with Crippen LogP contribution in [0.15, 0.2) is 30.5 Å². The third-order valence-electron chi connectivity index (χ3n) is 6.59. The lowest BCUT2D eigenvalue weighted by Gasteiger charge is -2.21. The van der Waals surface area contributed by atoms with Crippen LogP contribution >= 0.6 is 0 Å². The second-order valence-electron chi connectivity index (χ2n) is 10.9. The van der Waals surface area contributed by atoms with Gasteiger partial charge in [-0.3, -0.25) is 5.32 Å². The van der Waals surface area contributed by atoms with E-state index in [1.165, 1.54) is 25.7 Å². The van der Waals surface area contributed by atoms with E-state index in [1.54, 1.807) is 20.4 Å². The fraction of sp³-hybridized carbons (Fsp3) is 0.533. The molecule has 0 fully saturated rings. The van der Waals surface area contributed by atoms with Gasteiger partial charge in [0.15, 0.2) is 5.65 Å². The highest BCUT2D eigenvalue weighted by Crippen LogP contribution is 2.33. The van der Waals surface area contributed by atoms with Gasteiger partial charge in [-0.2, -0.15) is 4.98 Å². The summed E-state index contributed by atoms with van der Waals surface area (Å²) in [7, 11) is 3.27. The molecule has 9 nitrogen and oxygen atoms in total. The Morgan fingerprint density at radius 3 is 2.46 bits per heavy atom. The van der Waals surface area contributed by atoms with Gasteiger partial charge in [0.05, 0.1) is 13.7 Å². The lowest BCUT2D eigenvalue weighted by atomic mass is 9.97. The van der Waals surface area contributed by atoms with Crippen LogP contribution in [0.1, 0.15) is 72.3 Å². The van der Waals surface area contributed by atoms with Crippen molar-refractivity contribution in [2.45, 2.75) is 78.9 Å². The summed E-state index contributed by atoms with van der Waals surface area (Å²) in [4.78, 5) is 26.8. The number of carbonyl (C=O) groups is 1. The Morgan fingerprint density at radius 2 is 1.79 bits per heavy atom. The van der Waals surface area contributed by atoms with Crippen LogP contribution in [-0.4, -0.2) is 47.3 Å². The van der Waals surface area contributed by atoms with Crippen molar-refractivity contribution in [3.8, 4) is 16.9 Å². The highest BCUT2D eigenvalue weighted by molar-refractivity contribution is 5.96. The molecule has 2 aromatic heterocycles. The Bertz CT molecular complexity index is 1240. The zero-order valence-electron chi connectivity index (χ0n) is 24.5. The average molecular weight is 537 g/mol. The topological polar surface area (TPSA) is 110 Å². The molecule has 0 saturated carbocycles. The number of urea groups is 1. The summed E-state index contributed by atoms with van der Waals surface area (Å²) in [6, 6.07) is 7.43. The summed E-state index contributed by atoms with van der Waals surface area (Å²) in [6.45, 7) is 11.5. The molecule has 0 aliphatic carbocycles. The summed E-state index contributed by atoms with van der Waals surface area (Å²) >= 11 is 0. The lowest BCUT2D eigenvalue weighted by molar-refractivity contribution is 0.184. The van der Waals surface area contributed by atoms with Gasteiger partial charge in [-0.05, 0) is 68.5 Å². The van der Waals surface area contributed by atoms with Crippen molar-refractivity contribution >= 4 is 28.8 Å². The van der Waals surface area contributed by atoms with E-state index < -0.39 is 5.54 Å². The first-order valence-electron chi connectivity index (χ1n) is 13.8. The number of nitrogens with zero attached hydrogens (tertiary/aromatic N) is 3. The van der Waals surface area contributed by atoms with Gasteiger partial charge in [0.25, 0.3) is 0 Å². The number of rotatable bonds is 13. The molecule has 0 bridgehead atoms. The van der Waals surface area contributed by atoms with Crippen LogP contribution in [0, 0.1) is 5.92 Å². The molecule has 0 aliphatic rings. The summed E-state index contributed by atoms with van der Waals surface area (Å²) in [5, 5.41) is 9.96. The number of amides is 2. The second kappa shape index (κ2) is 14.1. The SMILES string of the molecule is CCC(CC)CCCCNc1ncc2cc(-c3cc(COC)cc(OC)c3)c(NC(=O)NC(C)(C)C)nc2n1. The number of unbranched alkanes of at least 4 members (excludes halogenated alkanes) is 1. The molecule has 0 saturated heterocycles. The summed E-state index contributed by atoms with van der Waals surface area (Å²) in [5.41, 5.74) is 2.60. The molecule has 0 unspecified atom stereocenters. The highest BCUT2D eigenvalue weighted by atomic mass is 16.5. The summed E-state index contributed by atoms with van der Waals surface area (Å²) in [6.07, 6.45) is 7.72. The van der Waals surface area contributed by atoms with Gasteiger partial charge >= 0.3 is 6.03 Å². The minimum Gasteiger partial charge on any atom is -0.497 e. The third-order valence-corrected chi connectivity index (χ3v) is 6.59. The predicted octanol–water partition coefficient (Wildman–Crippen LogP) is 6.79. The molecule has 3 rings (SSSR count). The van der Waals surface area contributed by atoms with Gasteiger partial charge in [-0.1, -0.05) is 39.5 Å². The largest absolute Gasteiger partial charge is 0.497 e. The van der Waals surface area contributed by atoms with Crippen LogP contribution < -0.4 is 20.7 Å². The predicted molar refractivity (Wildman–Crippen MR) is 158 cm³/mol. The van der Waals surface area contributed by atoms with E-state index in [1.807, 2.05) is 45.0 Å². The van der Waals surface area contributed by atoms with Crippen molar-refractivity contribution in [1.29, 1.82) is 0 Å². The second-order valence-corrected chi connectivity index (χ2v) is 10.9. The maximum atomic E-state index is 12.8. The molecule has 2 heterocycles. The number of ether oxygens (including phenoxy) is 2. The fourth-order valence-corrected chi connectivity index (χ4v) is 4.48. The van der Waals surface area contributed by atoms with E-state index >= 15 is 0 Å². The van der Waals surface area contributed by atoms with Crippen LogP contribution in [0.4, 0.5) is 16.6 Å². The number of carbonyl (C=O) groups excluding carboxylic acids is 1. The Hall–Kier alpha value is -3.46. The molecular formula is C30H44N6O3. The quantitative estimate of drug-likeness (QED) is 0.206. The van der Waals surface area contributed by atoms with Crippen LogP contribution in [0.2, 0.25) is 0 Å². The fourth-order valence-electron chi connectivity index (χ4n) is 4.48.